The number of rotatable bonds is 9. The fourth-order valence-electron chi connectivity index (χ4n) is 3.44. The van der Waals surface area contributed by atoms with Crippen molar-refractivity contribution in [3.63, 3.8) is 0 Å². The van der Waals surface area contributed by atoms with E-state index in [9.17, 15) is 4.79 Å². The van der Waals surface area contributed by atoms with Gasteiger partial charge >= 0.3 is 5.97 Å². The van der Waals surface area contributed by atoms with E-state index >= 15 is 0 Å². The number of esters is 1. The van der Waals surface area contributed by atoms with Crippen molar-refractivity contribution in [3.05, 3.63) is 29.8 Å². The van der Waals surface area contributed by atoms with Crippen LogP contribution in [0.4, 0.5) is 0 Å². The van der Waals surface area contributed by atoms with E-state index in [1.165, 1.54) is 17.5 Å². The highest BCUT2D eigenvalue weighted by molar-refractivity contribution is 7.97. The lowest BCUT2D eigenvalue weighted by Gasteiger charge is -2.35. The zero-order chi connectivity index (χ0) is 20.0. The minimum absolute atomic E-state index is 0.101. The van der Waals surface area contributed by atoms with Crippen LogP contribution >= 0.6 is 11.9 Å². The molecule has 148 valence electrons. The van der Waals surface area contributed by atoms with Crippen molar-refractivity contribution >= 4 is 17.9 Å². The van der Waals surface area contributed by atoms with Crippen LogP contribution in [0, 0.1) is 10.8 Å². The molecule has 2 N–H and O–H groups in total. The Morgan fingerprint density at radius 1 is 1.00 bits per heavy atom. The molecular formula is C22H37NO2S. The van der Waals surface area contributed by atoms with E-state index in [4.69, 9.17) is 9.88 Å². The third-order valence-electron chi connectivity index (χ3n) is 4.50. The number of nitrogens with two attached hydrogens (primary N) is 1. The molecule has 0 atom stereocenters. The highest BCUT2D eigenvalue weighted by Gasteiger charge is 2.37. The van der Waals surface area contributed by atoms with Crippen LogP contribution in [0.25, 0.3) is 0 Å². The molecule has 0 amide bonds. The van der Waals surface area contributed by atoms with E-state index in [-0.39, 0.29) is 11.4 Å². The second-order valence-corrected chi connectivity index (χ2v) is 10.4. The molecule has 0 fully saturated rings. The summed E-state index contributed by atoms with van der Waals surface area (Å²) in [5.41, 5.74) is 0.568. The first-order valence-electron chi connectivity index (χ1n) is 9.54. The second kappa shape index (κ2) is 9.27. The summed E-state index contributed by atoms with van der Waals surface area (Å²) in [6.45, 7) is 14.3. The molecule has 0 saturated carbocycles. The van der Waals surface area contributed by atoms with Crippen molar-refractivity contribution in [3.8, 4) is 0 Å². The van der Waals surface area contributed by atoms with E-state index in [1.807, 2.05) is 34.6 Å². The zero-order valence-corrected chi connectivity index (χ0v) is 18.5. The fraction of sp³-hybridized carbons (Fsp3) is 0.682. The third-order valence-corrected chi connectivity index (χ3v) is 5.04. The van der Waals surface area contributed by atoms with Crippen molar-refractivity contribution < 1.29 is 9.53 Å². The Morgan fingerprint density at radius 2 is 1.58 bits per heavy atom. The molecule has 0 bridgehead atoms. The Labute approximate surface area is 164 Å². The van der Waals surface area contributed by atoms with Gasteiger partial charge < -0.3 is 4.74 Å². The summed E-state index contributed by atoms with van der Waals surface area (Å²) < 4.78 is 5.60. The number of unbranched alkanes of at least 4 members (excludes halogenated alkanes) is 1. The van der Waals surface area contributed by atoms with Gasteiger partial charge in [-0.2, -0.15) is 0 Å². The second-order valence-electron chi connectivity index (χ2n) is 9.70. The van der Waals surface area contributed by atoms with Gasteiger partial charge in [0.05, 0.1) is 5.41 Å². The predicted molar refractivity (Wildman–Crippen MR) is 112 cm³/mol. The number of carbonyl (C=O) groups is 1. The Morgan fingerprint density at radius 3 is 2.08 bits per heavy atom. The normalized spacial score (nSPS) is 12.9. The van der Waals surface area contributed by atoms with Crippen molar-refractivity contribution in [2.45, 2.75) is 91.1 Å². The zero-order valence-electron chi connectivity index (χ0n) is 17.6. The van der Waals surface area contributed by atoms with Gasteiger partial charge in [0.1, 0.15) is 5.60 Å². The molecule has 0 saturated heterocycles. The molecule has 1 aromatic carbocycles. The van der Waals surface area contributed by atoms with Gasteiger partial charge in [-0.05, 0) is 95.4 Å². The molecule has 0 aliphatic carbocycles. The smallest absolute Gasteiger partial charge is 0.312 e. The summed E-state index contributed by atoms with van der Waals surface area (Å²) in [5.74, 6) is -0.101. The molecule has 26 heavy (non-hydrogen) atoms. The summed E-state index contributed by atoms with van der Waals surface area (Å²) in [5, 5.41) is 5.56. The minimum atomic E-state index is -0.466. The maximum absolute atomic E-state index is 12.5. The number of aryl methyl sites for hydroxylation is 1. The molecule has 3 nitrogen and oxygen atoms in total. The molecule has 0 aromatic heterocycles. The van der Waals surface area contributed by atoms with Crippen LogP contribution in [0.1, 0.15) is 79.7 Å². The summed E-state index contributed by atoms with van der Waals surface area (Å²) in [7, 11) is 0. The number of carbonyl (C=O) groups excluding carboxylic acids is 1. The van der Waals surface area contributed by atoms with Crippen molar-refractivity contribution in [2.24, 2.45) is 16.0 Å². The van der Waals surface area contributed by atoms with Gasteiger partial charge in [0.15, 0.2) is 0 Å². The van der Waals surface area contributed by atoms with Crippen LogP contribution in [0.15, 0.2) is 29.2 Å². The summed E-state index contributed by atoms with van der Waals surface area (Å²) in [6, 6.07) is 8.47. The number of ether oxygens (including phenoxy) is 1. The lowest BCUT2D eigenvalue weighted by molar-refractivity contribution is -0.167. The Kier molecular flexibility index (Phi) is 8.22. The summed E-state index contributed by atoms with van der Waals surface area (Å²) >= 11 is 1.28. The fourth-order valence-corrected chi connectivity index (χ4v) is 3.73. The average Bonchev–Trinajstić information content (AvgIpc) is 2.49. The molecule has 0 heterocycles. The molecule has 0 spiro atoms. The molecule has 0 aliphatic heterocycles. The first kappa shape index (κ1) is 23.0. The van der Waals surface area contributed by atoms with Gasteiger partial charge in [0.2, 0.25) is 0 Å². The van der Waals surface area contributed by atoms with Crippen LogP contribution in [-0.4, -0.2) is 11.6 Å². The van der Waals surface area contributed by atoms with Gasteiger partial charge in [0, 0.05) is 4.90 Å². The van der Waals surface area contributed by atoms with Crippen molar-refractivity contribution in [2.75, 3.05) is 0 Å². The van der Waals surface area contributed by atoms with Crippen LogP contribution in [0.2, 0.25) is 0 Å². The maximum atomic E-state index is 12.5. The third kappa shape index (κ3) is 8.59. The number of hydrogen-bond acceptors (Lipinski definition) is 4. The lowest BCUT2D eigenvalue weighted by atomic mass is 9.72. The number of hydrogen-bond donors (Lipinski definition) is 1. The van der Waals surface area contributed by atoms with Crippen molar-refractivity contribution in [1.82, 2.24) is 0 Å². The van der Waals surface area contributed by atoms with E-state index < -0.39 is 11.0 Å². The van der Waals surface area contributed by atoms with Gasteiger partial charge in [-0.3, -0.25) is 9.93 Å². The van der Waals surface area contributed by atoms with Crippen LogP contribution in [0.5, 0.6) is 0 Å². The van der Waals surface area contributed by atoms with Crippen LogP contribution in [0.3, 0.4) is 0 Å². The molecule has 1 rings (SSSR count). The Balaban J connectivity index is 2.45. The van der Waals surface area contributed by atoms with Crippen molar-refractivity contribution in [1.29, 1.82) is 0 Å². The SMILES string of the molecule is CC(C)(CCCCc1ccc(SN)cc1)CC(C)(C)C(=O)OC(C)(C)C. The van der Waals surface area contributed by atoms with Gasteiger partial charge in [-0.15, -0.1) is 0 Å². The van der Waals surface area contributed by atoms with Gasteiger partial charge in [-0.1, -0.05) is 32.4 Å². The summed E-state index contributed by atoms with van der Waals surface area (Å²) in [6.07, 6.45) is 5.34. The van der Waals surface area contributed by atoms with Crippen LogP contribution in [-0.2, 0) is 16.0 Å². The Hall–Kier alpha value is -1.00. The largest absolute Gasteiger partial charge is 0.460 e. The molecule has 0 aliphatic rings. The predicted octanol–water partition coefficient (Wildman–Crippen LogP) is 6.15. The lowest BCUT2D eigenvalue weighted by Crippen LogP contribution is -2.36. The monoisotopic (exact) mass is 379 g/mol. The van der Waals surface area contributed by atoms with Crippen LogP contribution < -0.4 is 5.14 Å². The first-order valence-corrected chi connectivity index (χ1v) is 10.4. The maximum Gasteiger partial charge on any atom is 0.312 e. The van der Waals surface area contributed by atoms with E-state index in [2.05, 4.69) is 38.1 Å². The highest BCUT2D eigenvalue weighted by Crippen LogP contribution is 2.39. The highest BCUT2D eigenvalue weighted by atomic mass is 32.2. The minimum Gasteiger partial charge on any atom is -0.460 e. The molecule has 0 radical (unpaired) electrons. The average molecular weight is 380 g/mol. The topological polar surface area (TPSA) is 52.3 Å². The standard InChI is InChI=1S/C22H37NO2S/c1-20(2,3)25-19(24)22(6,7)16-21(4,5)15-9-8-10-17-11-13-18(26-23)14-12-17/h11-14H,8-10,15-16,23H2,1-7H3. The molecule has 1 aromatic rings. The quantitative estimate of drug-likeness (QED) is 0.317. The first-order chi connectivity index (χ1) is 11.8. The molecular weight excluding hydrogens is 342 g/mol. The molecule has 0 unspecified atom stereocenters. The van der Waals surface area contributed by atoms with Gasteiger partial charge in [-0.25, -0.2) is 0 Å². The van der Waals surface area contributed by atoms with Gasteiger partial charge in [0.25, 0.3) is 0 Å². The Bertz CT molecular complexity index is 571. The summed E-state index contributed by atoms with van der Waals surface area (Å²) in [4.78, 5) is 13.6. The van der Waals surface area contributed by atoms with E-state index in [0.29, 0.717) is 0 Å². The van der Waals surface area contributed by atoms with E-state index in [1.54, 1.807) is 0 Å². The van der Waals surface area contributed by atoms with E-state index in [0.717, 1.165) is 37.0 Å². The number of benzene rings is 1. The molecule has 4 heteroatoms.